The van der Waals surface area contributed by atoms with Crippen LogP contribution in [0.5, 0.6) is 0 Å². The Hall–Kier alpha value is -4.13. The van der Waals surface area contributed by atoms with Gasteiger partial charge in [0.25, 0.3) is 0 Å². The molecule has 0 unspecified atom stereocenters. The summed E-state index contributed by atoms with van der Waals surface area (Å²) in [6, 6.07) is 26.0. The number of rotatable bonds is 13. The van der Waals surface area contributed by atoms with Crippen molar-refractivity contribution < 1.29 is 24.2 Å². The van der Waals surface area contributed by atoms with Crippen molar-refractivity contribution in [3.8, 4) is 11.1 Å². The lowest BCUT2D eigenvalue weighted by molar-refractivity contribution is -0.138. The Morgan fingerprint density at radius 3 is 2.08 bits per heavy atom. The van der Waals surface area contributed by atoms with Crippen LogP contribution in [0.15, 0.2) is 78.9 Å². The molecular formula is C31H34N2O5. The molecule has 2 N–H and O–H groups in total. The van der Waals surface area contributed by atoms with E-state index in [1.807, 2.05) is 54.6 Å². The number of hydrogen-bond acceptors (Lipinski definition) is 4. The van der Waals surface area contributed by atoms with E-state index in [0.29, 0.717) is 25.9 Å². The fourth-order valence-electron chi connectivity index (χ4n) is 4.90. The number of unbranched alkanes of at least 4 members (excludes halogenated alkanes) is 2. The maximum absolute atomic E-state index is 12.7. The molecule has 7 heteroatoms. The molecule has 0 bridgehead atoms. The normalized spacial score (nSPS) is 11.9. The number of nitrogens with one attached hydrogen (secondary N) is 1. The van der Waals surface area contributed by atoms with E-state index in [-0.39, 0.29) is 31.4 Å². The van der Waals surface area contributed by atoms with Crippen LogP contribution in [0.25, 0.3) is 11.1 Å². The number of ether oxygens (including phenoxy) is 1. The van der Waals surface area contributed by atoms with Gasteiger partial charge in [0.2, 0.25) is 5.91 Å². The third kappa shape index (κ3) is 7.22. The number of fused-ring (bicyclic) bond motifs is 3. The summed E-state index contributed by atoms with van der Waals surface area (Å²) in [5.74, 6) is -0.950. The minimum atomic E-state index is -0.921. The van der Waals surface area contributed by atoms with Crippen molar-refractivity contribution in [2.75, 3.05) is 19.7 Å². The highest BCUT2D eigenvalue weighted by atomic mass is 16.5. The molecule has 1 aliphatic carbocycles. The van der Waals surface area contributed by atoms with Crippen LogP contribution in [-0.4, -0.2) is 47.7 Å². The van der Waals surface area contributed by atoms with E-state index in [0.717, 1.165) is 18.4 Å². The van der Waals surface area contributed by atoms with Crippen LogP contribution < -0.4 is 5.32 Å². The zero-order chi connectivity index (χ0) is 26.7. The van der Waals surface area contributed by atoms with Crippen LogP contribution in [0.4, 0.5) is 4.79 Å². The van der Waals surface area contributed by atoms with Gasteiger partial charge in [0.1, 0.15) is 6.61 Å². The van der Waals surface area contributed by atoms with Crippen LogP contribution in [0.3, 0.4) is 0 Å². The first kappa shape index (κ1) is 26.9. The summed E-state index contributed by atoms with van der Waals surface area (Å²) in [5.41, 5.74) is 5.71. The SMILES string of the molecule is O=C(O)CCN(Cc1ccccc1)C(=O)CCCCCNC(=O)OCC1c2ccccc2-c2ccccc21. The number of amides is 2. The minimum Gasteiger partial charge on any atom is -0.481 e. The third-order valence-corrected chi connectivity index (χ3v) is 6.84. The van der Waals surface area contributed by atoms with E-state index in [2.05, 4.69) is 29.6 Å². The Bertz CT molecular complexity index is 1200. The van der Waals surface area contributed by atoms with Crippen molar-refractivity contribution in [2.45, 2.75) is 44.6 Å². The van der Waals surface area contributed by atoms with Gasteiger partial charge in [0.15, 0.2) is 0 Å². The van der Waals surface area contributed by atoms with Crippen LogP contribution in [-0.2, 0) is 20.9 Å². The summed E-state index contributed by atoms with van der Waals surface area (Å²) in [7, 11) is 0. The van der Waals surface area contributed by atoms with Gasteiger partial charge < -0.3 is 20.1 Å². The summed E-state index contributed by atoms with van der Waals surface area (Å²) in [6.07, 6.45) is 1.99. The van der Waals surface area contributed by atoms with E-state index < -0.39 is 12.1 Å². The second kappa shape index (κ2) is 13.4. The van der Waals surface area contributed by atoms with Gasteiger partial charge in [-0.25, -0.2) is 4.79 Å². The third-order valence-electron chi connectivity index (χ3n) is 6.84. The molecule has 0 atom stereocenters. The first-order valence-corrected chi connectivity index (χ1v) is 13.2. The van der Waals surface area contributed by atoms with Crippen LogP contribution in [0, 0.1) is 0 Å². The number of carboxylic acid groups (broad SMARTS) is 1. The van der Waals surface area contributed by atoms with Gasteiger partial charge in [-0.3, -0.25) is 9.59 Å². The number of carbonyl (C=O) groups is 3. The average molecular weight is 515 g/mol. The van der Waals surface area contributed by atoms with Gasteiger partial charge in [-0.15, -0.1) is 0 Å². The predicted molar refractivity (Wildman–Crippen MR) is 146 cm³/mol. The summed E-state index contributed by atoms with van der Waals surface area (Å²) >= 11 is 0. The van der Waals surface area contributed by atoms with Gasteiger partial charge in [0, 0.05) is 32.0 Å². The zero-order valence-corrected chi connectivity index (χ0v) is 21.5. The zero-order valence-electron chi connectivity index (χ0n) is 21.5. The first-order valence-electron chi connectivity index (χ1n) is 13.2. The quantitative estimate of drug-likeness (QED) is 0.290. The lowest BCUT2D eigenvalue weighted by Gasteiger charge is -2.22. The van der Waals surface area contributed by atoms with Crippen molar-refractivity contribution >= 4 is 18.0 Å². The van der Waals surface area contributed by atoms with E-state index in [4.69, 9.17) is 9.84 Å². The molecule has 0 aromatic heterocycles. The molecule has 7 nitrogen and oxygen atoms in total. The van der Waals surface area contributed by atoms with Crippen LogP contribution in [0.1, 0.15) is 54.7 Å². The van der Waals surface area contributed by atoms with E-state index in [1.165, 1.54) is 22.3 Å². The number of benzene rings is 3. The number of alkyl carbamates (subject to hydrolysis) is 1. The molecule has 198 valence electrons. The smallest absolute Gasteiger partial charge is 0.407 e. The minimum absolute atomic E-state index is 0.0270. The maximum atomic E-state index is 12.7. The second-order valence-electron chi connectivity index (χ2n) is 9.51. The van der Waals surface area contributed by atoms with Crippen molar-refractivity contribution in [3.63, 3.8) is 0 Å². The Labute approximate surface area is 223 Å². The lowest BCUT2D eigenvalue weighted by Crippen LogP contribution is -2.32. The molecule has 0 heterocycles. The molecule has 4 rings (SSSR count). The molecule has 2 amide bonds. The van der Waals surface area contributed by atoms with E-state index >= 15 is 0 Å². The first-order chi connectivity index (χ1) is 18.5. The van der Waals surface area contributed by atoms with Gasteiger partial charge in [-0.2, -0.15) is 0 Å². The number of carbonyl (C=O) groups excluding carboxylic acids is 2. The fraction of sp³-hybridized carbons (Fsp3) is 0.323. The van der Waals surface area contributed by atoms with Gasteiger partial charge in [-0.05, 0) is 40.7 Å². The monoisotopic (exact) mass is 514 g/mol. The summed E-state index contributed by atoms with van der Waals surface area (Å²) in [6.45, 7) is 1.34. The largest absolute Gasteiger partial charge is 0.481 e. The topological polar surface area (TPSA) is 95.9 Å². The number of carboxylic acids is 1. The number of aliphatic carboxylic acids is 1. The summed E-state index contributed by atoms with van der Waals surface area (Å²) < 4.78 is 5.56. The van der Waals surface area contributed by atoms with Gasteiger partial charge >= 0.3 is 12.1 Å². The predicted octanol–water partition coefficient (Wildman–Crippen LogP) is 5.59. The standard InChI is InChI=1S/C31H34N2O5/c34-29(33(20-18-30(35)36)21-23-11-3-1-4-12-23)17-5-2-10-19-32-31(37)38-22-28-26-15-8-6-13-24(26)25-14-7-9-16-27(25)28/h1,3-4,6-9,11-16,28H,2,5,10,17-22H2,(H,32,37)(H,35,36). The molecule has 3 aromatic rings. The van der Waals surface area contributed by atoms with Crippen molar-refractivity contribution in [2.24, 2.45) is 0 Å². The highest BCUT2D eigenvalue weighted by molar-refractivity contribution is 5.79. The highest BCUT2D eigenvalue weighted by Gasteiger charge is 2.28. The molecule has 0 aliphatic heterocycles. The Morgan fingerprint density at radius 2 is 1.42 bits per heavy atom. The summed E-state index contributed by atoms with van der Waals surface area (Å²) in [4.78, 5) is 37.7. The number of nitrogens with zero attached hydrogens (tertiary/aromatic N) is 1. The second-order valence-corrected chi connectivity index (χ2v) is 9.51. The Kier molecular flexibility index (Phi) is 9.51. The molecule has 0 spiro atoms. The van der Waals surface area contributed by atoms with Crippen LogP contribution in [0.2, 0.25) is 0 Å². The Balaban J connectivity index is 1.15. The van der Waals surface area contributed by atoms with Gasteiger partial charge in [-0.1, -0.05) is 85.3 Å². The highest BCUT2D eigenvalue weighted by Crippen LogP contribution is 2.44. The molecule has 0 saturated carbocycles. The van der Waals surface area contributed by atoms with Crippen molar-refractivity contribution in [1.29, 1.82) is 0 Å². The Morgan fingerprint density at radius 1 is 0.789 bits per heavy atom. The summed E-state index contributed by atoms with van der Waals surface area (Å²) in [5, 5.41) is 11.8. The number of hydrogen-bond donors (Lipinski definition) is 2. The molecule has 0 saturated heterocycles. The van der Waals surface area contributed by atoms with E-state index in [9.17, 15) is 14.4 Å². The van der Waals surface area contributed by atoms with Gasteiger partial charge in [0.05, 0.1) is 6.42 Å². The van der Waals surface area contributed by atoms with Crippen molar-refractivity contribution in [3.05, 3.63) is 95.6 Å². The van der Waals surface area contributed by atoms with Crippen molar-refractivity contribution in [1.82, 2.24) is 10.2 Å². The molecule has 3 aromatic carbocycles. The average Bonchev–Trinajstić information content (AvgIpc) is 3.25. The van der Waals surface area contributed by atoms with Crippen LogP contribution >= 0.6 is 0 Å². The molecular weight excluding hydrogens is 480 g/mol. The van der Waals surface area contributed by atoms with E-state index in [1.54, 1.807) is 4.90 Å². The molecule has 0 radical (unpaired) electrons. The molecule has 0 fully saturated rings. The molecule has 38 heavy (non-hydrogen) atoms. The lowest BCUT2D eigenvalue weighted by atomic mass is 9.98. The fourth-order valence-corrected chi connectivity index (χ4v) is 4.90. The molecule has 1 aliphatic rings. The maximum Gasteiger partial charge on any atom is 0.407 e.